The second kappa shape index (κ2) is 6.93. The minimum absolute atomic E-state index is 0.337. The Hall–Kier alpha value is -0.860. The van der Waals surface area contributed by atoms with E-state index in [4.69, 9.17) is 0 Å². The molecule has 0 bridgehead atoms. The molecule has 0 aromatic heterocycles. The van der Waals surface area contributed by atoms with Crippen molar-refractivity contribution in [1.82, 2.24) is 4.90 Å². The Kier molecular flexibility index (Phi) is 4.97. The lowest BCUT2D eigenvalue weighted by Crippen LogP contribution is -2.43. The number of fused-ring (bicyclic) bond motifs is 1. The molecule has 116 valence electrons. The van der Waals surface area contributed by atoms with Crippen LogP contribution in [0.5, 0.6) is 0 Å². The van der Waals surface area contributed by atoms with Crippen molar-refractivity contribution < 1.29 is 5.11 Å². The predicted molar refractivity (Wildman–Crippen MR) is 87.3 cm³/mol. The summed E-state index contributed by atoms with van der Waals surface area (Å²) in [6, 6.07) is 8.48. The summed E-state index contributed by atoms with van der Waals surface area (Å²) >= 11 is 0. The highest BCUT2D eigenvalue weighted by Crippen LogP contribution is 2.36. The zero-order chi connectivity index (χ0) is 14.7. The Morgan fingerprint density at radius 1 is 1.10 bits per heavy atom. The van der Waals surface area contributed by atoms with Crippen LogP contribution in [0, 0.1) is 11.8 Å². The summed E-state index contributed by atoms with van der Waals surface area (Å²) < 4.78 is 0. The van der Waals surface area contributed by atoms with Crippen molar-refractivity contribution in [2.45, 2.75) is 51.6 Å². The monoisotopic (exact) mass is 287 g/mol. The highest BCUT2D eigenvalue weighted by molar-refractivity contribution is 5.24. The van der Waals surface area contributed by atoms with Gasteiger partial charge < -0.3 is 10.0 Å². The molecule has 0 spiro atoms. The minimum atomic E-state index is -0.337. The zero-order valence-corrected chi connectivity index (χ0v) is 13.3. The molecule has 0 amide bonds. The first-order valence-electron chi connectivity index (χ1n) is 8.75. The molecule has 1 aliphatic heterocycles. The number of likely N-dealkylation sites (tertiary alicyclic amines) is 1. The SMILES string of the molecule is CCc1ccc(C(O)CN2CCC3CCCCC3C2)cc1. The number of β-amino-alcohol motifs (C(OH)–C–C–N with tert-alkyl or cyclic N) is 1. The van der Waals surface area contributed by atoms with E-state index >= 15 is 0 Å². The van der Waals surface area contributed by atoms with Crippen molar-refractivity contribution >= 4 is 0 Å². The summed E-state index contributed by atoms with van der Waals surface area (Å²) in [4.78, 5) is 2.49. The molecule has 1 aromatic carbocycles. The van der Waals surface area contributed by atoms with Crippen LogP contribution in [0.1, 0.15) is 56.3 Å². The summed E-state index contributed by atoms with van der Waals surface area (Å²) in [5, 5.41) is 10.5. The van der Waals surface area contributed by atoms with Crippen LogP contribution in [0.15, 0.2) is 24.3 Å². The lowest BCUT2D eigenvalue weighted by molar-refractivity contribution is 0.0460. The third kappa shape index (κ3) is 3.67. The molecule has 1 saturated heterocycles. The van der Waals surface area contributed by atoms with Gasteiger partial charge in [-0.2, -0.15) is 0 Å². The van der Waals surface area contributed by atoms with E-state index in [1.165, 1.54) is 50.8 Å². The van der Waals surface area contributed by atoms with E-state index in [-0.39, 0.29) is 6.10 Å². The van der Waals surface area contributed by atoms with E-state index in [1.54, 1.807) is 0 Å². The van der Waals surface area contributed by atoms with Crippen molar-refractivity contribution in [3.63, 3.8) is 0 Å². The predicted octanol–water partition coefficient (Wildman–Crippen LogP) is 3.79. The number of aryl methyl sites for hydroxylation is 1. The molecule has 3 unspecified atom stereocenters. The normalized spacial score (nSPS) is 28.1. The van der Waals surface area contributed by atoms with E-state index in [0.717, 1.165) is 30.4 Å². The first-order chi connectivity index (χ1) is 10.3. The van der Waals surface area contributed by atoms with Gasteiger partial charge in [-0.25, -0.2) is 0 Å². The molecular weight excluding hydrogens is 258 g/mol. The second-order valence-electron chi connectivity index (χ2n) is 6.96. The van der Waals surface area contributed by atoms with E-state index in [0.29, 0.717) is 0 Å². The summed E-state index contributed by atoms with van der Waals surface area (Å²) in [5.41, 5.74) is 2.41. The molecule has 0 radical (unpaired) electrons. The quantitative estimate of drug-likeness (QED) is 0.910. The molecule has 2 aliphatic rings. The maximum atomic E-state index is 10.5. The number of piperidine rings is 1. The van der Waals surface area contributed by atoms with Crippen LogP contribution in [0.25, 0.3) is 0 Å². The molecule has 21 heavy (non-hydrogen) atoms. The Morgan fingerprint density at radius 2 is 1.81 bits per heavy atom. The number of rotatable bonds is 4. The van der Waals surface area contributed by atoms with Crippen molar-refractivity contribution in [2.75, 3.05) is 19.6 Å². The van der Waals surface area contributed by atoms with Crippen molar-refractivity contribution in [3.05, 3.63) is 35.4 Å². The van der Waals surface area contributed by atoms with Crippen LogP contribution in [0.2, 0.25) is 0 Å². The number of aliphatic hydroxyl groups is 1. The molecule has 2 fully saturated rings. The van der Waals surface area contributed by atoms with Gasteiger partial charge in [0, 0.05) is 13.1 Å². The van der Waals surface area contributed by atoms with Gasteiger partial charge in [-0.05, 0) is 48.8 Å². The number of nitrogens with zero attached hydrogens (tertiary/aromatic N) is 1. The number of hydrogen-bond acceptors (Lipinski definition) is 2. The fourth-order valence-corrected chi connectivity index (χ4v) is 4.17. The van der Waals surface area contributed by atoms with Crippen LogP contribution in [0.4, 0.5) is 0 Å². The Morgan fingerprint density at radius 3 is 2.52 bits per heavy atom. The van der Waals surface area contributed by atoms with Crippen molar-refractivity contribution in [2.24, 2.45) is 11.8 Å². The van der Waals surface area contributed by atoms with Crippen molar-refractivity contribution in [3.8, 4) is 0 Å². The van der Waals surface area contributed by atoms with Crippen LogP contribution in [-0.2, 0) is 6.42 Å². The molecule has 3 atom stereocenters. The van der Waals surface area contributed by atoms with Crippen LogP contribution in [0.3, 0.4) is 0 Å². The van der Waals surface area contributed by atoms with Gasteiger partial charge >= 0.3 is 0 Å². The molecule has 1 N–H and O–H groups in total. The van der Waals surface area contributed by atoms with Crippen LogP contribution >= 0.6 is 0 Å². The van der Waals surface area contributed by atoms with Crippen molar-refractivity contribution in [1.29, 1.82) is 0 Å². The maximum Gasteiger partial charge on any atom is 0.0916 e. The molecule has 3 rings (SSSR count). The standard InChI is InChI=1S/C19H29NO/c1-2-15-7-9-17(10-8-15)19(21)14-20-12-11-16-5-3-4-6-18(16)13-20/h7-10,16,18-19,21H,2-6,11-14H2,1H3. The van der Waals surface area contributed by atoms with Gasteiger partial charge in [-0.15, -0.1) is 0 Å². The maximum absolute atomic E-state index is 10.5. The molecule has 1 heterocycles. The first kappa shape index (κ1) is 15.1. The smallest absolute Gasteiger partial charge is 0.0916 e. The lowest BCUT2D eigenvalue weighted by Gasteiger charge is -2.41. The Labute approximate surface area is 129 Å². The number of benzene rings is 1. The molecule has 1 aromatic rings. The Bertz CT molecular complexity index is 441. The summed E-state index contributed by atoms with van der Waals surface area (Å²) in [6.07, 6.45) is 7.76. The zero-order valence-electron chi connectivity index (χ0n) is 13.3. The molecule has 2 heteroatoms. The largest absolute Gasteiger partial charge is 0.387 e. The summed E-state index contributed by atoms with van der Waals surface area (Å²) in [6.45, 7) is 5.34. The van der Waals surface area contributed by atoms with Crippen LogP contribution in [-0.4, -0.2) is 29.6 Å². The minimum Gasteiger partial charge on any atom is -0.387 e. The molecule has 2 nitrogen and oxygen atoms in total. The third-order valence-corrected chi connectivity index (χ3v) is 5.58. The van der Waals surface area contributed by atoms with Gasteiger partial charge in [0.25, 0.3) is 0 Å². The molecule has 1 aliphatic carbocycles. The number of aliphatic hydroxyl groups excluding tert-OH is 1. The van der Waals surface area contributed by atoms with E-state index in [9.17, 15) is 5.11 Å². The molecule has 1 saturated carbocycles. The van der Waals surface area contributed by atoms with Gasteiger partial charge in [-0.3, -0.25) is 0 Å². The average Bonchev–Trinajstić information content (AvgIpc) is 2.55. The fraction of sp³-hybridized carbons (Fsp3) is 0.684. The van der Waals surface area contributed by atoms with E-state index in [2.05, 4.69) is 36.1 Å². The Balaban J connectivity index is 1.55. The first-order valence-corrected chi connectivity index (χ1v) is 8.75. The van der Waals surface area contributed by atoms with Gasteiger partial charge in [0.2, 0.25) is 0 Å². The molecular formula is C19H29NO. The van der Waals surface area contributed by atoms with E-state index < -0.39 is 0 Å². The van der Waals surface area contributed by atoms with Gasteiger partial charge in [0.15, 0.2) is 0 Å². The van der Waals surface area contributed by atoms with Gasteiger partial charge in [0.05, 0.1) is 6.10 Å². The highest BCUT2D eigenvalue weighted by atomic mass is 16.3. The summed E-state index contributed by atoms with van der Waals surface area (Å²) in [5.74, 6) is 1.86. The van der Waals surface area contributed by atoms with Gasteiger partial charge in [0.1, 0.15) is 0 Å². The van der Waals surface area contributed by atoms with Gasteiger partial charge in [-0.1, -0.05) is 50.5 Å². The summed E-state index contributed by atoms with van der Waals surface area (Å²) in [7, 11) is 0. The fourth-order valence-electron chi connectivity index (χ4n) is 4.17. The van der Waals surface area contributed by atoms with E-state index in [1.807, 2.05) is 0 Å². The number of hydrogen-bond donors (Lipinski definition) is 1. The highest BCUT2D eigenvalue weighted by Gasteiger charge is 2.31. The van der Waals surface area contributed by atoms with Crippen LogP contribution < -0.4 is 0 Å². The average molecular weight is 287 g/mol. The third-order valence-electron chi connectivity index (χ3n) is 5.58. The topological polar surface area (TPSA) is 23.5 Å². The second-order valence-corrected chi connectivity index (χ2v) is 6.96. The lowest BCUT2D eigenvalue weighted by atomic mass is 9.75.